The molecule has 1 aliphatic rings. The zero-order chi connectivity index (χ0) is 22.8. The van der Waals surface area contributed by atoms with Crippen molar-refractivity contribution in [1.29, 1.82) is 0 Å². The average Bonchev–Trinajstić information content (AvgIpc) is 2.70. The molecular weight excluding hydrogens is 476 g/mol. The van der Waals surface area contributed by atoms with Gasteiger partial charge in [-0.25, -0.2) is 12.7 Å². The second kappa shape index (κ2) is 9.36. The number of anilines is 1. The van der Waals surface area contributed by atoms with Gasteiger partial charge < -0.3 is 5.32 Å². The van der Waals surface area contributed by atoms with Gasteiger partial charge in [-0.1, -0.05) is 29.3 Å². The Bertz CT molecular complexity index is 1060. The van der Waals surface area contributed by atoms with E-state index in [2.05, 4.69) is 5.32 Å². The number of rotatable bonds is 5. The summed E-state index contributed by atoms with van der Waals surface area (Å²) in [6.07, 6.45) is -3.51. The van der Waals surface area contributed by atoms with E-state index in [4.69, 9.17) is 23.2 Å². The van der Waals surface area contributed by atoms with Crippen LogP contribution in [0.4, 0.5) is 18.9 Å². The molecule has 168 valence electrons. The summed E-state index contributed by atoms with van der Waals surface area (Å²) >= 11 is 11.9. The Morgan fingerprint density at radius 3 is 2.42 bits per heavy atom. The fraction of sp³-hybridized carbons (Fsp3) is 0.350. The first kappa shape index (κ1) is 23.8. The summed E-state index contributed by atoms with van der Waals surface area (Å²) < 4.78 is 64.9. The first-order chi connectivity index (χ1) is 14.5. The third kappa shape index (κ3) is 6.12. The quantitative estimate of drug-likeness (QED) is 0.621. The van der Waals surface area contributed by atoms with Crippen LogP contribution in [0.3, 0.4) is 0 Å². The Morgan fingerprint density at radius 2 is 1.81 bits per heavy atom. The minimum absolute atomic E-state index is 0.0139. The van der Waals surface area contributed by atoms with Crippen molar-refractivity contribution in [1.82, 2.24) is 4.31 Å². The number of sulfonamides is 1. The van der Waals surface area contributed by atoms with E-state index in [1.54, 1.807) is 12.1 Å². The van der Waals surface area contributed by atoms with Gasteiger partial charge in [0.2, 0.25) is 15.9 Å². The molecule has 0 spiro atoms. The summed E-state index contributed by atoms with van der Waals surface area (Å²) in [6.45, 7) is 0.262. The summed E-state index contributed by atoms with van der Waals surface area (Å²) in [4.78, 5) is 12.6. The van der Waals surface area contributed by atoms with Gasteiger partial charge in [-0.3, -0.25) is 4.79 Å². The second-order valence-electron chi connectivity index (χ2n) is 7.25. The molecule has 1 aliphatic heterocycles. The minimum Gasteiger partial charge on any atom is -0.326 e. The van der Waals surface area contributed by atoms with Crippen LogP contribution in [-0.4, -0.2) is 31.7 Å². The summed E-state index contributed by atoms with van der Waals surface area (Å²) in [5, 5.41) is 3.20. The standard InChI is InChI=1S/C20H19Cl2F3N2O3S/c21-16-6-3-14(18(22)10-16)12-31(29,30)27-9-1-2-13(11-27)19(28)26-17-7-4-15(5-8-17)20(23,24)25/h3-8,10,13H,1-2,9,11-12H2,(H,26,28)/t13-/m0/s1. The zero-order valence-electron chi connectivity index (χ0n) is 16.1. The van der Waals surface area contributed by atoms with Crippen LogP contribution >= 0.6 is 23.2 Å². The van der Waals surface area contributed by atoms with Crippen molar-refractivity contribution < 1.29 is 26.4 Å². The molecule has 1 heterocycles. The molecule has 2 aromatic carbocycles. The van der Waals surface area contributed by atoms with Gasteiger partial charge in [-0.05, 0) is 54.8 Å². The third-order valence-corrected chi connectivity index (χ3v) is 7.36. The predicted molar refractivity (Wildman–Crippen MR) is 113 cm³/mol. The highest BCUT2D eigenvalue weighted by Gasteiger charge is 2.33. The lowest BCUT2D eigenvalue weighted by molar-refractivity contribution is -0.137. The van der Waals surface area contributed by atoms with Crippen molar-refractivity contribution in [2.45, 2.75) is 24.8 Å². The highest BCUT2D eigenvalue weighted by molar-refractivity contribution is 7.88. The maximum absolute atomic E-state index is 12.8. The van der Waals surface area contributed by atoms with E-state index in [1.165, 1.54) is 22.5 Å². The number of amides is 1. The number of carbonyl (C=O) groups excluding carboxylic acids is 1. The van der Waals surface area contributed by atoms with Gasteiger partial charge in [0.15, 0.2) is 0 Å². The molecule has 1 amide bonds. The second-order valence-corrected chi connectivity index (χ2v) is 10.1. The molecule has 3 rings (SSSR count). The van der Waals surface area contributed by atoms with Crippen LogP contribution in [0.1, 0.15) is 24.0 Å². The maximum atomic E-state index is 12.8. The molecule has 11 heteroatoms. The number of alkyl halides is 3. The fourth-order valence-electron chi connectivity index (χ4n) is 3.32. The van der Waals surface area contributed by atoms with Crippen LogP contribution in [0.5, 0.6) is 0 Å². The highest BCUT2D eigenvalue weighted by atomic mass is 35.5. The van der Waals surface area contributed by atoms with Crippen molar-refractivity contribution in [3.63, 3.8) is 0 Å². The normalized spacial score (nSPS) is 18.0. The highest BCUT2D eigenvalue weighted by Crippen LogP contribution is 2.30. The number of piperidine rings is 1. The lowest BCUT2D eigenvalue weighted by Crippen LogP contribution is -2.44. The molecule has 1 N–H and O–H groups in total. The first-order valence-electron chi connectivity index (χ1n) is 9.35. The molecule has 0 unspecified atom stereocenters. The van der Waals surface area contributed by atoms with Gasteiger partial charge in [-0.2, -0.15) is 13.2 Å². The molecule has 1 atom stereocenters. The zero-order valence-corrected chi connectivity index (χ0v) is 18.5. The van der Waals surface area contributed by atoms with Gasteiger partial charge >= 0.3 is 6.18 Å². The van der Waals surface area contributed by atoms with E-state index < -0.39 is 33.6 Å². The lowest BCUT2D eigenvalue weighted by atomic mass is 9.98. The van der Waals surface area contributed by atoms with E-state index in [0.29, 0.717) is 23.4 Å². The Morgan fingerprint density at radius 1 is 1.13 bits per heavy atom. The molecule has 0 aromatic heterocycles. The Hall–Kier alpha value is -1.81. The van der Waals surface area contributed by atoms with Crippen LogP contribution < -0.4 is 5.32 Å². The number of halogens is 5. The van der Waals surface area contributed by atoms with E-state index >= 15 is 0 Å². The van der Waals surface area contributed by atoms with Crippen LogP contribution in [0, 0.1) is 5.92 Å². The number of nitrogens with zero attached hydrogens (tertiary/aromatic N) is 1. The van der Waals surface area contributed by atoms with Crippen LogP contribution in [-0.2, 0) is 26.7 Å². The number of benzene rings is 2. The van der Waals surface area contributed by atoms with Crippen molar-refractivity contribution in [3.8, 4) is 0 Å². The van der Waals surface area contributed by atoms with Gasteiger partial charge in [0.05, 0.1) is 17.2 Å². The molecule has 0 radical (unpaired) electrons. The average molecular weight is 495 g/mol. The number of nitrogens with one attached hydrogen (secondary N) is 1. The van der Waals surface area contributed by atoms with E-state index in [0.717, 1.165) is 12.1 Å². The smallest absolute Gasteiger partial charge is 0.326 e. The Balaban J connectivity index is 1.65. The maximum Gasteiger partial charge on any atom is 0.416 e. The molecule has 1 fully saturated rings. The van der Waals surface area contributed by atoms with Crippen molar-refractivity contribution >= 4 is 44.8 Å². The van der Waals surface area contributed by atoms with Crippen LogP contribution in [0.2, 0.25) is 10.0 Å². The molecule has 1 saturated heterocycles. The largest absolute Gasteiger partial charge is 0.416 e. The molecule has 0 saturated carbocycles. The van der Waals surface area contributed by atoms with E-state index in [9.17, 15) is 26.4 Å². The van der Waals surface area contributed by atoms with Crippen LogP contribution in [0.15, 0.2) is 42.5 Å². The Labute approximate surface area is 188 Å². The fourth-order valence-corrected chi connectivity index (χ4v) is 5.52. The SMILES string of the molecule is O=C(Nc1ccc(C(F)(F)F)cc1)[C@H]1CCCN(S(=O)(=O)Cc2ccc(Cl)cc2Cl)C1. The summed E-state index contributed by atoms with van der Waals surface area (Å²) in [7, 11) is -3.73. The van der Waals surface area contributed by atoms with Crippen molar-refractivity contribution in [2.24, 2.45) is 5.92 Å². The molecule has 5 nitrogen and oxygen atoms in total. The molecule has 0 bridgehead atoms. The van der Waals surface area contributed by atoms with Gasteiger partial charge in [0.25, 0.3) is 0 Å². The number of hydrogen-bond donors (Lipinski definition) is 1. The molecule has 2 aromatic rings. The molecule has 0 aliphatic carbocycles. The Kier molecular flexibility index (Phi) is 7.20. The first-order valence-corrected chi connectivity index (χ1v) is 11.7. The molecular formula is C20H19Cl2F3N2O3S. The van der Waals surface area contributed by atoms with Crippen molar-refractivity contribution in [3.05, 3.63) is 63.6 Å². The third-order valence-electron chi connectivity index (χ3n) is 4.98. The number of carbonyl (C=O) groups is 1. The number of hydrogen-bond acceptors (Lipinski definition) is 3. The monoisotopic (exact) mass is 494 g/mol. The minimum atomic E-state index is -4.46. The molecule has 31 heavy (non-hydrogen) atoms. The summed E-state index contributed by atoms with van der Waals surface area (Å²) in [5.41, 5.74) is -0.199. The van der Waals surface area contributed by atoms with Gasteiger partial charge in [-0.15, -0.1) is 0 Å². The van der Waals surface area contributed by atoms with E-state index in [1.807, 2.05) is 0 Å². The van der Waals surface area contributed by atoms with Crippen LogP contribution in [0.25, 0.3) is 0 Å². The van der Waals surface area contributed by atoms with Gasteiger partial charge in [0, 0.05) is 28.8 Å². The predicted octanol–water partition coefficient (Wildman–Crippen LogP) is 5.19. The van der Waals surface area contributed by atoms with E-state index in [-0.39, 0.29) is 29.6 Å². The summed E-state index contributed by atoms with van der Waals surface area (Å²) in [5.74, 6) is -1.38. The van der Waals surface area contributed by atoms with Gasteiger partial charge in [0.1, 0.15) is 0 Å². The topological polar surface area (TPSA) is 66.5 Å². The van der Waals surface area contributed by atoms with Crippen molar-refractivity contribution in [2.75, 3.05) is 18.4 Å². The lowest BCUT2D eigenvalue weighted by Gasteiger charge is -2.31. The summed E-state index contributed by atoms with van der Waals surface area (Å²) in [6, 6.07) is 8.65.